The van der Waals surface area contributed by atoms with Crippen molar-refractivity contribution in [1.82, 2.24) is 10.2 Å². The summed E-state index contributed by atoms with van der Waals surface area (Å²) in [4.78, 5) is 38.7. The molecule has 2 aliphatic carbocycles. The number of carboxylic acid groups (broad SMARTS) is 1. The summed E-state index contributed by atoms with van der Waals surface area (Å²) in [5, 5.41) is 34.0. The number of amides is 1. The van der Waals surface area contributed by atoms with Gasteiger partial charge in [0.05, 0.1) is 24.0 Å². The Labute approximate surface area is 208 Å². The number of likely N-dealkylation sites (tertiary alicyclic amines) is 1. The Bertz CT molecular complexity index is 1160. The van der Waals surface area contributed by atoms with Gasteiger partial charge in [-0.2, -0.15) is 0 Å². The number of nitrogens with zero attached hydrogens (tertiary/aromatic N) is 1. The highest BCUT2D eigenvalue weighted by Gasteiger charge is 2.71. The Morgan fingerprint density at radius 3 is 2.72 bits per heavy atom. The lowest BCUT2D eigenvalue weighted by Crippen LogP contribution is -2.74. The molecule has 5 atom stereocenters. The van der Waals surface area contributed by atoms with Crippen LogP contribution >= 0.6 is 0 Å². The third-order valence-corrected chi connectivity index (χ3v) is 8.37. The molecule has 194 valence electrons. The summed E-state index contributed by atoms with van der Waals surface area (Å²) < 4.78 is 12.1. The first kappa shape index (κ1) is 24.7. The van der Waals surface area contributed by atoms with Gasteiger partial charge in [-0.3, -0.25) is 9.59 Å². The minimum atomic E-state index is -1.43. The van der Waals surface area contributed by atoms with Crippen LogP contribution in [0, 0.1) is 5.92 Å². The van der Waals surface area contributed by atoms with Crippen molar-refractivity contribution in [3.05, 3.63) is 40.7 Å². The summed E-state index contributed by atoms with van der Waals surface area (Å²) in [7, 11) is 1.99. The Morgan fingerprint density at radius 1 is 1.31 bits per heavy atom. The minimum Gasteiger partial charge on any atom is -0.481 e. The van der Waals surface area contributed by atoms with Crippen LogP contribution in [0.5, 0.6) is 5.75 Å². The van der Waals surface area contributed by atoms with E-state index in [4.69, 9.17) is 9.47 Å². The molecule has 1 aromatic carbocycles. The number of aliphatic hydroxyl groups excluding tert-OH is 1. The monoisotopic (exact) mass is 500 g/mol. The molecule has 2 bridgehead atoms. The van der Waals surface area contributed by atoms with Crippen molar-refractivity contribution in [2.75, 3.05) is 13.6 Å². The number of ether oxygens (including phenoxy) is 2. The fourth-order valence-corrected chi connectivity index (χ4v) is 6.51. The van der Waals surface area contributed by atoms with Gasteiger partial charge < -0.3 is 35.0 Å². The number of aliphatic hydroxyl groups is 2. The van der Waals surface area contributed by atoms with Gasteiger partial charge in [0.1, 0.15) is 17.6 Å². The summed E-state index contributed by atoms with van der Waals surface area (Å²) in [5.74, 6) is -2.32. The molecular formula is C26H32N2O8. The number of nitrogens with one attached hydrogen (secondary N) is 1. The standard InChI is InChI=1S/C26H32N2O8/c1-13(2)23(31)27-16(24(32)33)11-19(30)35-17-6-7-26(34)18-10-14-4-5-15(12-29)21-20(14)25(26,22(17)36-21)8-9-28(18)3/h4-6,13,16,18,22,29,34H,7-12H2,1-3H3,(H,27,31)(H,32,33)/t16-,18+,22-,25-,26+/m0/s1. The van der Waals surface area contributed by atoms with Crippen LogP contribution in [0.3, 0.4) is 0 Å². The molecule has 1 saturated heterocycles. The average molecular weight is 501 g/mol. The van der Waals surface area contributed by atoms with E-state index >= 15 is 0 Å². The average Bonchev–Trinajstić information content (AvgIpc) is 3.18. The number of rotatable bonds is 7. The third-order valence-electron chi connectivity index (χ3n) is 8.37. The number of hydrogen-bond donors (Lipinski definition) is 4. The van der Waals surface area contributed by atoms with Gasteiger partial charge in [0.15, 0.2) is 6.10 Å². The molecule has 1 amide bonds. The van der Waals surface area contributed by atoms with E-state index in [2.05, 4.69) is 10.2 Å². The van der Waals surface area contributed by atoms with E-state index in [0.29, 0.717) is 30.7 Å². The topological polar surface area (TPSA) is 146 Å². The van der Waals surface area contributed by atoms with E-state index in [-0.39, 0.29) is 24.8 Å². The summed E-state index contributed by atoms with van der Waals surface area (Å²) >= 11 is 0. The second-order valence-electron chi connectivity index (χ2n) is 10.6. The van der Waals surface area contributed by atoms with Crippen molar-refractivity contribution in [1.29, 1.82) is 0 Å². The summed E-state index contributed by atoms with van der Waals surface area (Å²) in [6, 6.07) is 2.21. The molecule has 0 unspecified atom stereocenters. The molecule has 2 heterocycles. The van der Waals surface area contributed by atoms with Crippen LogP contribution in [0.15, 0.2) is 24.0 Å². The molecular weight excluding hydrogens is 468 g/mol. The maximum absolute atomic E-state index is 12.9. The quantitative estimate of drug-likeness (QED) is 0.396. The normalized spacial score (nSPS) is 30.7. The summed E-state index contributed by atoms with van der Waals surface area (Å²) in [5.41, 5.74) is 0.494. The first-order valence-corrected chi connectivity index (χ1v) is 12.3. The lowest BCUT2D eigenvalue weighted by molar-refractivity contribution is -0.169. The fraction of sp³-hybridized carbons (Fsp3) is 0.577. The largest absolute Gasteiger partial charge is 0.481 e. The highest BCUT2D eigenvalue weighted by molar-refractivity contribution is 5.88. The van der Waals surface area contributed by atoms with Crippen LogP contribution < -0.4 is 10.1 Å². The van der Waals surface area contributed by atoms with Crippen molar-refractivity contribution in [2.45, 2.75) is 75.3 Å². The zero-order valence-corrected chi connectivity index (χ0v) is 20.6. The maximum Gasteiger partial charge on any atom is 0.326 e. The first-order valence-electron chi connectivity index (χ1n) is 12.3. The highest BCUT2D eigenvalue weighted by Crippen LogP contribution is 2.64. The maximum atomic E-state index is 12.9. The number of carbonyl (C=O) groups excluding carboxylic acids is 2. The van der Waals surface area contributed by atoms with Gasteiger partial charge >= 0.3 is 11.9 Å². The second kappa shape index (κ2) is 8.57. The van der Waals surface area contributed by atoms with Crippen LogP contribution in [0.25, 0.3) is 0 Å². The first-order chi connectivity index (χ1) is 17.0. The number of carboxylic acids is 1. The van der Waals surface area contributed by atoms with E-state index in [0.717, 1.165) is 11.1 Å². The third kappa shape index (κ3) is 3.38. The molecule has 1 fully saturated rings. The molecule has 2 aliphatic heterocycles. The van der Waals surface area contributed by atoms with E-state index in [1.807, 2.05) is 19.2 Å². The summed E-state index contributed by atoms with van der Waals surface area (Å²) in [6.07, 6.45) is 1.74. The number of benzene rings is 1. The van der Waals surface area contributed by atoms with Crippen molar-refractivity contribution in [3.63, 3.8) is 0 Å². The van der Waals surface area contributed by atoms with E-state index < -0.39 is 53.3 Å². The molecule has 0 aromatic heterocycles. The molecule has 0 saturated carbocycles. The molecule has 36 heavy (non-hydrogen) atoms. The SMILES string of the molecule is CC(C)C(=O)N[C@@H](CC(=O)OC1=CC[C@@]2(O)[C@H]3Cc4ccc(CO)c5c4[C@@]2(CCN3C)[C@H]1O5)C(=O)O. The van der Waals surface area contributed by atoms with Crippen LogP contribution in [0.1, 0.15) is 49.8 Å². The molecule has 4 aliphatic rings. The van der Waals surface area contributed by atoms with E-state index in [9.17, 15) is 29.7 Å². The molecule has 10 nitrogen and oxygen atoms in total. The van der Waals surface area contributed by atoms with Gasteiger partial charge in [0.25, 0.3) is 0 Å². The van der Waals surface area contributed by atoms with Crippen LogP contribution in [-0.4, -0.2) is 75.4 Å². The Kier molecular flexibility index (Phi) is 5.89. The Morgan fingerprint density at radius 2 is 2.06 bits per heavy atom. The number of hydrogen-bond acceptors (Lipinski definition) is 8. The van der Waals surface area contributed by atoms with Crippen molar-refractivity contribution in [3.8, 4) is 5.75 Å². The minimum absolute atomic E-state index is 0.160. The number of likely N-dealkylation sites (N-methyl/N-ethyl adjacent to an activating group) is 1. The van der Waals surface area contributed by atoms with Gasteiger partial charge in [0, 0.05) is 29.5 Å². The lowest BCUT2D eigenvalue weighted by atomic mass is 9.50. The Hall–Kier alpha value is -2.95. The van der Waals surface area contributed by atoms with Crippen LogP contribution in [0.2, 0.25) is 0 Å². The Balaban J connectivity index is 1.48. The number of aliphatic carboxylic acids is 1. The number of carbonyl (C=O) groups is 3. The van der Waals surface area contributed by atoms with Gasteiger partial charge in [-0.15, -0.1) is 0 Å². The van der Waals surface area contributed by atoms with Crippen LogP contribution in [0.4, 0.5) is 0 Å². The molecule has 1 aromatic rings. The van der Waals surface area contributed by atoms with E-state index in [1.54, 1.807) is 19.9 Å². The second-order valence-corrected chi connectivity index (χ2v) is 10.6. The molecule has 0 radical (unpaired) electrons. The zero-order chi connectivity index (χ0) is 26.0. The number of piperidine rings is 1. The predicted octanol–water partition coefficient (Wildman–Crippen LogP) is 0.615. The van der Waals surface area contributed by atoms with Gasteiger partial charge in [-0.05, 0) is 38.1 Å². The zero-order valence-electron chi connectivity index (χ0n) is 20.6. The van der Waals surface area contributed by atoms with Crippen molar-refractivity contribution < 1.29 is 39.2 Å². The van der Waals surface area contributed by atoms with Gasteiger partial charge in [-0.1, -0.05) is 26.0 Å². The van der Waals surface area contributed by atoms with Crippen molar-refractivity contribution >= 4 is 17.8 Å². The van der Waals surface area contributed by atoms with Gasteiger partial charge in [0.2, 0.25) is 5.91 Å². The highest BCUT2D eigenvalue weighted by atomic mass is 16.6. The van der Waals surface area contributed by atoms with Crippen LogP contribution in [-0.2, 0) is 37.6 Å². The molecule has 4 N–H and O–H groups in total. The van der Waals surface area contributed by atoms with Crippen molar-refractivity contribution in [2.24, 2.45) is 5.92 Å². The van der Waals surface area contributed by atoms with Gasteiger partial charge in [-0.25, -0.2) is 4.79 Å². The molecule has 10 heteroatoms. The fourth-order valence-electron chi connectivity index (χ4n) is 6.51. The molecule has 1 spiro atoms. The molecule has 5 rings (SSSR count). The smallest absolute Gasteiger partial charge is 0.326 e. The summed E-state index contributed by atoms with van der Waals surface area (Å²) in [6.45, 7) is 3.73. The lowest BCUT2D eigenvalue weighted by Gasteiger charge is -2.61. The van der Waals surface area contributed by atoms with E-state index in [1.165, 1.54) is 0 Å². The number of esters is 1. The predicted molar refractivity (Wildman–Crippen MR) is 126 cm³/mol.